The Morgan fingerprint density at radius 2 is 2.11 bits per heavy atom. The van der Waals surface area contributed by atoms with E-state index >= 15 is 0 Å². The Kier molecular flexibility index (Phi) is 3.69. The Morgan fingerprint density at radius 1 is 1.33 bits per heavy atom. The summed E-state index contributed by atoms with van der Waals surface area (Å²) < 4.78 is 6.65. The fourth-order valence-corrected chi connectivity index (χ4v) is 1.84. The largest absolute Gasteiger partial charge is 0.707 e. The van der Waals surface area contributed by atoms with E-state index in [0.29, 0.717) is 5.75 Å². The third-order valence-corrected chi connectivity index (χ3v) is 2.57. The highest BCUT2D eigenvalue weighted by Crippen LogP contribution is 2.19. The van der Waals surface area contributed by atoms with E-state index in [1.165, 1.54) is 0 Å². The predicted molar refractivity (Wildman–Crippen MR) is 68.5 cm³/mol. The van der Waals surface area contributed by atoms with E-state index in [0.717, 1.165) is 23.5 Å². The van der Waals surface area contributed by atoms with E-state index < -0.39 is 7.32 Å². The SMILES string of the molecule is CCc1cc(C)nn1-c1cccc(OB(O)O)c1. The average molecular weight is 246 g/mol. The Hall–Kier alpha value is -1.79. The van der Waals surface area contributed by atoms with Gasteiger partial charge in [0.25, 0.3) is 0 Å². The molecule has 0 atom stereocenters. The molecule has 1 heterocycles. The summed E-state index contributed by atoms with van der Waals surface area (Å²) in [7, 11) is -1.81. The van der Waals surface area contributed by atoms with Gasteiger partial charge in [0.2, 0.25) is 0 Å². The minimum absolute atomic E-state index is 0.387. The molecule has 1 aromatic carbocycles. The highest BCUT2D eigenvalue weighted by Gasteiger charge is 2.12. The quantitative estimate of drug-likeness (QED) is 0.792. The third kappa shape index (κ3) is 2.72. The lowest BCUT2D eigenvalue weighted by molar-refractivity contribution is 0.288. The number of aryl methyl sites for hydroxylation is 2. The molecule has 1 aromatic heterocycles. The standard InChI is InChI=1S/C12H15BN2O3/c1-3-10-7-9(2)14-15(10)11-5-4-6-12(8-11)18-13(16)17/h4-8,16-17H,3H2,1-2H3. The summed E-state index contributed by atoms with van der Waals surface area (Å²) >= 11 is 0. The van der Waals surface area contributed by atoms with Crippen molar-refractivity contribution in [2.45, 2.75) is 20.3 Å². The fourth-order valence-electron chi connectivity index (χ4n) is 1.84. The van der Waals surface area contributed by atoms with Gasteiger partial charge in [-0.25, -0.2) is 4.68 Å². The number of aromatic nitrogens is 2. The van der Waals surface area contributed by atoms with Crippen LogP contribution in [0.15, 0.2) is 30.3 Å². The van der Waals surface area contributed by atoms with Gasteiger partial charge in [0, 0.05) is 11.8 Å². The summed E-state index contributed by atoms with van der Waals surface area (Å²) in [6, 6.07) is 9.07. The van der Waals surface area contributed by atoms with Crippen LogP contribution in [-0.4, -0.2) is 27.1 Å². The number of hydrogen-bond donors (Lipinski definition) is 2. The van der Waals surface area contributed by atoms with Crippen molar-refractivity contribution < 1.29 is 14.7 Å². The van der Waals surface area contributed by atoms with Crippen LogP contribution in [-0.2, 0) is 6.42 Å². The summed E-state index contributed by atoms with van der Waals surface area (Å²) in [6.07, 6.45) is 0.870. The van der Waals surface area contributed by atoms with Crippen LogP contribution >= 0.6 is 0 Å². The molecule has 18 heavy (non-hydrogen) atoms. The van der Waals surface area contributed by atoms with Crippen LogP contribution in [0.25, 0.3) is 5.69 Å². The highest BCUT2D eigenvalue weighted by atomic mass is 16.6. The van der Waals surface area contributed by atoms with E-state index in [9.17, 15) is 0 Å². The van der Waals surface area contributed by atoms with Crippen LogP contribution in [0.2, 0.25) is 0 Å². The first-order chi connectivity index (χ1) is 8.60. The van der Waals surface area contributed by atoms with E-state index in [1.807, 2.05) is 23.7 Å². The maximum absolute atomic E-state index is 8.78. The first-order valence-electron chi connectivity index (χ1n) is 5.79. The minimum atomic E-state index is -1.81. The molecule has 0 unspecified atom stereocenters. The van der Waals surface area contributed by atoms with Crippen LogP contribution in [0.5, 0.6) is 5.75 Å². The van der Waals surface area contributed by atoms with Gasteiger partial charge in [-0.2, -0.15) is 5.10 Å². The van der Waals surface area contributed by atoms with Crippen LogP contribution in [0.3, 0.4) is 0 Å². The number of benzene rings is 1. The van der Waals surface area contributed by atoms with Crippen molar-refractivity contribution in [1.82, 2.24) is 9.78 Å². The molecule has 0 fully saturated rings. The van der Waals surface area contributed by atoms with Crippen molar-refractivity contribution in [2.24, 2.45) is 0 Å². The van der Waals surface area contributed by atoms with Crippen molar-refractivity contribution in [3.63, 3.8) is 0 Å². The first-order valence-corrected chi connectivity index (χ1v) is 5.79. The summed E-state index contributed by atoms with van der Waals surface area (Å²) in [5.74, 6) is 0.387. The Labute approximate surface area is 106 Å². The van der Waals surface area contributed by atoms with E-state index in [-0.39, 0.29) is 0 Å². The van der Waals surface area contributed by atoms with Crippen molar-refractivity contribution in [3.05, 3.63) is 41.7 Å². The van der Waals surface area contributed by atoms with Crippen molar-refractivity contribution in [2.75, 3.05) is 0 Å². The molecule has 94 valence electrons. The molecule has 0 aliphatic heterocycles. The molecule has 0 saturated carbocycles. The molecule has 0 spiro atoms. The smallest absolute Gasteiger partial charge is 0.512 e. The zero-order valence-corrected chi connectivity index (χ0v) is 10.4. The molecule has 0 aliphatic rings. The van der Waals surface area contributed by atoms with Crippen molar-refractivity contribution in [1.29, 1.82) is 0 Å². The van der Waals surface area contributed by atoms with Gasteiger partial charge >= 0.3 is 7.32 Å². The molecule has 6 heteroatoms. The molecule has 0 aliphatic carbocycles. The fraction of sp³-hybridized carbons (Fsp3) is 0.250. The molecule has 2 aromatic rings. The number of hydrogen-bond acceptors (Lipinski definition) is 4. The van der Waals surface area contributed by atoms with Gasteiger partial charge < -0.3 is 14.7 Å². The molecule has 0 bridgehead atoms. The lowest BCUT2D eigenvalue weighted by Gasteiger charge is -2.09. The maximum atomic E-state index is 8.78. The summed E-state index contributed by atoms with van der Waals surface area (Å²) in [5, 5.41) is 22.0. The molecule has 5 nitrogen and oxygen atoms in total. The second kappa shape index (κ2) is 5.24. The molecular weight excluding hydrogens is 231 g/mol. The molecular formula is C12H15BN2O3. The molecule has 2 rings (SSSR count). The van der Waals surface area contributed by atoms with Gasteiger partial charge in [-0.3, -0.25) is 0 Å². The topological polar surface area (TPSA) is 67.5 Å². The summed E-state index contributed by atoms with van der Waals surface area (Å²) in [6.45, 7) is 4.00. The van der Waals surface area contributed by atoms with Crippen molar-refractivity contribution in [3.8, 4) is 11.4 Å². The maximum Gasteiger partial charge on any atom is 0.707 e. The minimum Gasteiger partial charge on any atom is -0.512 e. The van der Waals surface area contributed by atoms with Gasteiger partial charge in [-0.05, 0) is 31.5 Å². The van der Waals surface area contributed by atoms with Crippen LogP contribution in [0.1, 0.15) is 18.3 Å². The van der Waals surface area contributed by atoms with E-state index in [4.69, 9.17) is 14.7 Å². The molecule has 0 saturated heterocycles. The van der Waals surface area contributed by atoms with Gasteiger partial charge in [0.05, 0.1) is 11.4 Å². The zero-order valence-electron chi connectivity index (χ0n) is 10.4. The van der Waals surface area contributed by atoms with Crippen molar-refractivity contribution >= 4 is 7.32 Å². The number of rotatable bonds is 4. The monoisotopic (exact) mass is 246 g/mol. The highest BCUT2D eigenvalue weighted by molar-refractivity contribution is 6.33. The Balaban J connectivity index is 2.37. The molecule has 0 radical (unpaired) electrons. The van der Waals surface area contributed by atoms with Crippen LogP contribution in [0, 0.1) is 6.92 Å². The third-order valence-electron chi connectivity index (χ3n) is 2.57. The average Bonchev–Trinajstić information content (AvgIpc) is 2.70. The lowest BCUT2D eigenvalue weighted by Crippen LogP contribution is -2.20. The Bertz CT molecular complexity index is 540. The summed E-state index contributed by atoms with van der Waals surface area (Å²) in [5.41, 5.74) is 2.87. The molecule has 0 amide bonds. The van der Waals surface area contributed by atoms with Gasteiger partial charge in [0.15, 0.2) is 0 Å². The van der Waals surface area contributed by atoms with E-state index in [1.54, 1.807) is 18.2 Å². The second-order valence-electron chi connectivity index (χ2n) is 3.98. The first kappa shape index (κ1) is 12.7. The zero-order chi connectivity index (χ0) is 13.1. The lowest BCUT2D eigenvalue weighted by atomic mass is 10.2. The Morgan fingerprint density at radius 3 is 2.78 bits per heavy atom. The number of nitrogens with zero attached hydrogens (tertiary/aromatic N) is 2. The summed E-state index contributed by atoms with van der Waals surface area (Å²) in [4.78, 5) is 0. The van der Waals surface area contributed by atoms with E-state index in [2.05, 4.69) is 12.0 Å². The van der Waals surface area contributed by atoms with Crippen LogP contribution < -0.4 is 4.65 Å². The van der Waals surface area contributed by atoms with Gasteiger partial charge in [0.1, 0.15) is 5.75 Å². The normalized spacial score (nSPS) is 10.4. The molecule has 2 N–H and O–H groups in total. The van der Waals surface area contributed by atoms with Crippen LogP contribution in [0.4, 0.5) is 0 Å². The van der Waals surface area contributed by atoms with Gasteiger partial charge in [-0.1, -0.05) is 13.0 Å². The predicted octanol–water partition coefficient (Wildman–Crippen LogP) is 1.09. The second-order valence-corrected chi connectivity index (χ2v) is 3.98. The van der Waals surface area contributed by atoms with Gasteiger partial charge in [-0.15, -0.1) is 0 Å².